The Morgan fingerprint density at radius 2 is 1.79 bits per heavy atom. The molecule has 0 fully saturated rings. The fourth-order valence-corrected chi connectivity index (χ4v) is 2.31. The lowest BCUT2D eigenvalue weighted by molar-refractivity contribution is 0.404. The van der Waals surface area contributed by atoms with E-state index in [9.17, 15) is 0 Å². The van der Waals surface area contributed by atoms with E-state index in [2.05, 4.69) is 27.7 Å². The SMILES string of the molecule is CCc1c(CC(C)(C)C)nn(-c2ccccc2)c1N. The van der Waals surface area contributed by atoms with Crippen LogP contribution in [0.2, 0.25) is 0 Å². The van der Waals surface area contributed by atoms with E-state index in [-0.39, 0.29) is 5.41 Å². The molecule has 0 aliphatic carbocycles. The second-order valence-electron chi connectivity index (χ2n) is 6.15. The van der Waals surface area contributed by atoms with Gasteiger partial charge in [0.2, 0.25) is 0 Å². The van der Waals surface area contributed by atoms with Crippen LogP contribution in [0.5, 0.6) is 0 Å². The van der Waals surface area contributed by atoms with Crippen molar-refractivity contribution in [3.8, 4) is 5.69 Å². The highest BCUT2D eigenvalue weighted by Crippen LogP contribution is 2.27. The summed E-state index contributed by atoms with van der Waals surface area (Å²) in [5, 5.41) is 4.73. The van der Waals surface area contributed by atoms with Gasteiger partial charge in [0.05, 0.1) is 11.4 Å². The fraction of sp³-hybridized carbons (Fsp3) is 0.438. The third-order valence-corrected chi connectivity index (χ3v) is 3.16. The zero-order chi connectivity index (χ0) is 14.0. The largest absolute Gasteiger partial charge is 0.383 e. The van der Waals surface area contributed by atoms with Crippen LogP contribution >= 0.6 is 0 Å². The molecule has 0 saturated heterocycles. The molecular weight excluding hydrogens is 234 g/mol. The van der Waals surface area contributed by atoms with Crippen LogP contribution in [0.1, 0.15) is 39.0 Å². The Labute approximate surface area is 115 Å². The molecule has 0 unspecified atom stereocenters. The maximum atomic E-state index is 6.27. The molecule has 2 N–H and O–H groups in total. The summed E-state index contributed by atoms with van der Waals surface area (Å²) in [6, 6.07) is 10.1. The molecule has 0 aliphatic rings. The Hall–Kier alpha value is -1.77. The number of hydrogen-bond donors (Lipinski definition) is 1. The first kappa shape index (κ1) is 13.7. The number of rotatable bonds is 3. The van der Waals surface area contributed by atoms with E-state index < -0.39 is 0 Å². The summed E-state index contributed by atoms with van der Waals surface area (Å²) in [6.45, 7) is 8.81. The van der Waals surface area contributed by atoms with Gasteiger partial charge in [-0.15, -0.1) is 0 Å². The third kappa shape index (κ3) is 2.98. The van der Waals surface area contributed by atoms with E-state index in [1.165, 1.54) is 5.56 Å². The van der Waals surface area contributed by atoms with Gasteiger partial charge in [-0.3, -0.25) is 0 Å². The van der Waals surface area contributed by atoms with Crippen molar-refractivity contribution in [2.24, 2.45) is 5.41 Å². The Bertz CT molecular complexity index is 547. The van der Waals surface area contributed by atoms with Gasteiger partial charge in [0.15, 0.2) is 0 Å². The first-order valence-corrected chi connectivity index (χ1v) is 6.84. The number of nitrogen functional groups attached to an aromatic ring is 1. The van der Waals surface area contributed by atoms with Gasteiger partial charge >= 0.3 is 0 Å². The lowest BCUT2D eigenvalue weighted by Gasteiger charge is -2.16. The van der Waals surface area contributed by atoms with Gasteiger partial charge in [0, 0.05) is 5.56 Å². The zero-order valence-corrected chi connectivity index (χ0v) is 12.3. The van der Waals surface area contributed by atoms with Crippen LogP contribution in [0.3, 0.4) is 0 Å². The zero-order valence-electron chi connectivity index (χ0n) is 12.3. The number of nitrogens with two attached hydrogens (primary N) is 1. The van der Waals surface area contributed by atoms with Gasteiger partial charge in [-0.1, -0.05) is 45.9 Å². The molecule has 0 bridgehead atoms. The number of hydrogen-bond acceptors (Lipinski definition) is 2. The molecule has 2 rings (SSSR count). The van der Waals surface area contributed by atoms with Gasteiger partial charge in [0.25, 0.3) is 0 Å². The minimum absolute atomic E-state index is 0.215. The van der Waals surface area contributed by atoms with Crippen molar-refractivity contribution in [1.82, 2.24) is 9.78 Å². The predicted octanol–water partition coefficient (Wildman–Crippen LogP) is 3.61. The monoisotopic (exact) mass is 257 g/mol. The molecule has 0 radical (unpaired) electrons. The maximum absolute atomic E-state index is 6.27. The molecule has 1 aromatic carbocycles. The van der Waals surface area contributed by atoms with Gasteiger partial charge in [-0.2, -0.15) is 5.10 Å². The molecule has 0 spiro atoms. The number of aromatic nitrogens is 2. The number of anilines is 1. The summed E-state index contributed by atoms with van der Waals surface area (Å²) in [5.74, 6) is 0.771. The van der Waals surface area contributed by atoms with E-state index >= 15 is 0 Å². The minimum atomic E-state index is 0.215. The van der Waals surface area contributed by atoms with Gasteiger partial charge in [0.1, 0.15) is 5.82 Å². The molecule has 102 valence electrons. The van der Waals surface area contributed by atoms with Gasteiger partial charge in [-0.05, 0) is 30.4 Å². The Kier molecular flexibility index (Phi) is 3.65. The van der Waals surface area contributed by atoms with Crippen LogP contribution in [0.25, 0.3) is 5.69 Å². The molecule has 0 amide bonds. The molecule has 2 aromatic rings. The van der Waals surface area contributed by atoms with Gasteiger partial charge in [-0.25, -0.2) is 4.68 Å². The maximum Gasteiger partial charge on any atom is 0.130 e. The average molecular weight is 257 g/mol. The minimum Gasteiger partial charge on any atom is -0.383 e. The quantitative estimate of drug-likeness (QED) is 0.913. The van der Waals surface area contributed by atoms with Crippen LogP contribution in [0.15, 0.2) is 30.3 Å². The number of benzene rings is 1. The highest BCUT2D eigenvalue weighted by atomic mass is 15.3. The molecule has 1 heterocycles. The molecule has 19 heavy (non-hydrogen) atoms. The van der Waals surface area contributed by atoms with E-state index in [0.29, 0.717) is 0 Å². The van der Waals surface area contributed by atoms with Crippen LogP contribution in [-0.4, -0.2) is 9.78 Å². The van der Waals surface area contributed by atoms with Crippen molar-refractivity contribution in [2.75, 3.05) is 5.73 Å². The topological polar surface area (TPSA) is 43.8 Å². The van der Waals surface area contributed by atoms with Crippen molar-refractivity contribution < 1.29 is 0 Å². The van der Waals surface area contributed by atoms with Crippen molar-refractivity contribution in [3.05, 3.63) is 41.6 Å². The van der Waals surface area contributed by atoms with Crippen LogP contribution in [0, 0.1) is 5.41 Å². The molecule has 0 aliphatic heterocycles. The summed E-state index contributed by atoms with van der Waals surface area (Å²) in [4.78, 5) is 0. The van der Waals surface area contributed by atoms with E-state index in [0.717, 1.165) is 30.0 Å². The summed E-state index contributed by atoms with van der Waals surface area (Å²) in [5.41, 5.74) is 9.80. The van der Waals surface area contributed by atoms with Crippen LogP contribution in [-0.2, 0) is 12.8 Å². The van der Waals surface area contributed by atoms with Gasteiger partial charge < -0.3 is 5.73 Å². The standard InChI is InChI=1S/C16H23N3/c1-5-13-14(11-16(2,3)4)18-19(15(13)17)12-9-7-6-8-10-12/h6-10H,5,11,17H2,1-4H3. The third-order valence-electron chi connectivity index (χ3n) is 3.16. The Morgan fingerprint density at radius 3 is 2.32 bits per heavy atom. The smallest absolute Gasteiger partial charge is 0.130 e. The Balaban J connectivity index is 2.48. The first-order valence-electron chi connectivity index (χ1n) is 6.84. The summed E-state index contributed by atoms with van der Waals surface area (Å²) in [7, 11) is 0. The molecule has 0 saturated carbocycles. The fourth-order valence-electron chi connectivity index (χ4n) is 2.31. The summed E-state index contributed by atoms with van der Waals surface area (Å²) >= 11 is 0. The molecule has 1 aromatic heterocycles. The molecule has 0 atom stereocenters. The second-order valence-corrected chi connectivity index (χ2v) is 6.15. The van der Waals surface area contributed by atoms with Crippen molar-refractivity contribution in [2.45, 2.75) is 40.5 Å². The second kappa shape index (κ2) is 5.08. The van der Waals surface area contributed by atoms with Crippen LogP contribution < -0.4 is 5.73 Å². The van der Waals surface area contributed by atoms with Crippen molar-refractivity contribution in [3.63, 3.8) is 0 Å². The Morgan fingerprint density at radius 1 is 1.16 bits per heavy atom. The average Bonchev–Trinajstić information content (AvgIpc) is 2.64. The molecule has 3 heteroatoms. The summed E-state index contributed by atoms with van der Waals surface area (Å²) in [6.07, 6.45) is 1.87. The molecular formula is C16H23N3. The van der Waals surface area contributed by atoms with E-state index in [4.69, 9.17) is 10.8 Å². The number of nitrogens with zero attached hydrogens (tertiary/aromatic N) is 2. The summed E-state index contributed by atoms with van der Waals surface area (Å²) < 4.78 is 1.86. The highest BCUT2D eigenvalue weighted by Gasteiger charge is 2.20. The highest BCUT2D eigenvalue weighted by molar-refractivity contribution is 5.50. The first-order chi connectivity index (χ1) is 8.92. The number of para-hydroxylation sites is 1. The van der Waals surface area contributed by atoms with Crippen molar-refractivity contribution in [1.29, 1.82) is 0 Å². The van der Waals surface area contributed by atoms with E-state index in [1.54, 1.807) is 0 Å². The molecule has 3 nitrogen and oxygen atoms in total. The van der Waals surface area contributed by atoms with E-state index in [1.807, 2.05) is 35.0 Å². The lowest BCUT2D eigenvalue weighted by Crippen LogP contribution is -2.11. The van der Waals surface area contributed by atoms with Crippen molar-refractivity contribution >= 4 is 5.82 Å². The normalized spacial score (nSPS) is 11.8. The lowest BCUT2D eigenvalue weighted by atomic mass is 9.89. The predicted molar refractivity (Wildman–Crippen MR) is 80.5 cm³/mol. The van der Waals surface area contributed by atoms with Crippen LogP contribution in [0.4, 0.5) is 5.82 Å².